The molecule has 1 aromatic carbocycles. The molecule has 1 aromatic heterocycles. The molecule has 2 heterocycles. The second-order valence-corrected chi connectivity index (χ2v) is 5.16. The lowest BCUT2D eigenvalue weighted by molar-refractivity contribution is 0.101. The van der Waals surface area contributed by atoms with Crippen molar-refractivity contribution in [3.8, 4) is 11.5 Å². The van der Waals surface area contributed by atoms with E-state index in [1.165, 1.54) is 16.8 Å². The van der Waals surface area contributed by atoms with E-state index in [4.69, 9.17) is 9.47 Å². The summed E-state index contributed by atoms with van der Waals surface area (Å²) in [6, 6.07) is 7.92. The van der Waals surface area contributed by atoms with Crippen molar-refractivity contribution >= 4 is 11.6 Å². The molecule has 1 amide bonds. The lowest BCUT2D eigenvalue weighted by atomic mass is 10.2. The van der Waals surface area contributed by atoms with Crippen molar-refractivity contribution in [3.05, 3.63) is 46.4 Å². The summed E-state index contributed by atoms with van der Waals surface area (Å²) in [6.45, 7) is 2.71. The Morgan fingerprint density at radius 1 is 1.26 bits per heavy atom. The maximum atomic E-state index is 12.3. The summed E-state index contributed by atoms with van der Waals surface area (Å²) in [4.78, 5) is 24.0. The van der Waals surface area contributed by atoms with Crippen LogP contribution in [0, 0.1) is 0 Å². The van der Waals surface area contributed by atoms with E-state index in [1.807, 2.05) is 6.92 Å². The molecule has 1 aliphatic heterocycles. The third-order valence-electron chi connectivity index (χ3n) is 3.45. The second kappa shape index (κ2) is 6.51. The van der Waals surface area contributed by atoms with Crippen LogP contribution in [0.15, 0.2) is 35.1 Å². The lowest BCUT2D eigenvalue weighted by Gasteiger charge is -2.08. The minimum Gasteiger partial charge on any atom is -0.454 e. The molecule has 0 spiro atoms. The number of unbranched alkanes of at least 4 members (excludes halogenated alkanes) is 1. The first-order valence-corrected chi connectivity index (χ1v) is 7.46. The van der Waals surface area contributed by atoms with Gasteiger partial charge < -0.3 is 14.8 Å². The molecule has 0 atom stereocenters. The maximum absolute atomic E-state index is 12.3. The van der Waals surface area contributed by atoms with E-state index in [0.29, 0.717) is 23.7 Å². The van der Waals surface area contributed by atoms with Crippen molar-refractivity contribution in [2.24, 2.45) is 0 Å². The standard InChI is InChI=1S/C16H17N3O4/c1-2-3-8-19-15(20)7-5-12(18-19)16(21)17-11-4-6-13-14(9-11)23-10-22-13/h4-7,9H,2-3,8,10H2,1H3,(H,17,21). The average Bonchev–Trinajstić information content (AvgIpc) is 3.01. The van der Waals surface area contributed by atoms with Crippen LogP contribution in [0.1, 0.15) is 30.3 Å². The van der Waals surface area contributed by atoms with Gasteiger partial charge in [-0.2, -0.15) is 5.10 Å². The van der Waals surface area contributed by atoms with Gasteiger partial charge in [0.25, 0.3) is 11.5 Å². The highest BCUT2D eigenvalue weighted by Gasteiger charge is 2.15. The summed E-state index contributed by atoms with van der Waals surface area (Å²) < 4.78 is 11.8. The van der Waals surface area contributed by atoms with Crippen LogP contribution in [0.5, 0.6) is 11.5 Å². The molecule has 0 unspecified atom stereocenters. The van der Waals surface area contributed by atoms with Crippen molar-refractivity contribution in [1.29, 1.82) is 0 Å². The third-order valence-corrected chi connectivity index (χ3v) is 3.45. The Morgan fingerprint density at radius 3 is 2.91 bits per heavy atom. The molecule has 0 radical (unpaired) electrons. The Morgan fingerprint density at radius 2 is 2.09 bits per heavy atom. The van der Waals surface area contributed by atoms with Crippen molar-refractivity contribution in [2.75, 3.05) is 12.1 Å². The zero-order valence-electron chi connectivity index (χ0n) is 12.7. The molecule has 7 nitrogen and oxygen atoms in total. The van der Waals surface area contributed by atoms with Crippen LogP contribution in [-0.4, -0.2) is 22.5 Å². The number of aromatic nitrogens is 2. The molecule has 120 valence electrons. The van der Waals surface area contributed by atoms with Gasteiger partial charge >= 0.3 is 0 Å². The van der Waals surface area contributed by atoms with Crippen molar-refractivity contribution in [2.45, 2.75) is 26.3 Å². The Bertz CT molecular complexity index is 785. The quantitative estimate of drug-likeness (QED) is 0.913. The van der Waals surface area contributed by atoms with Crippen LogP contribution < -0.4 is 20.3 Å². The maximum Gasteiger partial charge on any atom is 0.276 e. The highest BCUT2D eigenvalue weighted by atomic mass is 16.7. The molecule has 0 fully saturated rings. The van der Waals surface area contributed by atoms with E-state index in [2.05, 4.69) is 10.4 Å². The Kier molecular flexibility index (Phi) is 4.27. The normalized spacial score (nSPS) is 12.2. The van der Waals surface area contributed by atoms with Gasteiger partial charge in [0.05, 0.1) is 0 Å². The van der Waals surface area contributed by atoms with Gasteiger partial charge in [-0.25, -0.2) is 4.68 Å². The van der Waals surface area contributed by atoms with E-state index in [1.54, 1.807) is 18.2 Å². The first kappa shape index (κ1) is 15.1. The van der Waals surface area contributed by atoms with E-state index in [0.717, 1.165) is 12.8 Å². The van der Waals surface area contributed by atoms with Crippen molar-refractivity contribution in [3.63, 3.8) is 0 Å². The number of carbonyl (C=O) groups is 1. The highest BCUT2D eigenvalue weighted by molar-refractivity contribution is 6.02. The molecular weight excluding hydrogens is 298 g/mol. The fraction of sp³-hybridized carbons (Fsp3) is 0.312. The predicted molar refractivity (Wildman–Crippen MR) is 83.9 cm³/mol. The van der Waals surface area contributed by atoms with Gasteiger partial charge in [-0.1, -0.05) is 13.3 Å². The number of anilines is 1. The molecule has 0 saturated heterocycles. The molecule has 0 bridgehead atoms. The van der Waals surface area contributed by atoms with Crippen LogP contribution in [0.3, 0.4) is 0 Å². The highest BCUT2D eigenvalue weighted by Crippen LogP contribution is 2.34. The van der Waals surface area contributed by atoms with Crippen LogP contribution in [-0.2, 0) is 6.54 Å². The van der Waals surface area contributed by atoms with Gasteiger partial charge in [-0.05, 0) is 24.6 Å². The summed E-state index contributed by atoms with van der Waals surface area (Å²) in [5.41, 5.74) is 0.559. The summed E-state index contributed by atoms with van der Waals surface area (Å²) in [5, 5.41) is 6.85. The summed E-state index contributed by atoms with van der Waals surface area (Å²) >= 11 is 0. The minimum absolute atomic E-state index is 0.177. The molecule has 7 heteroatoms. The van der Waals surface area contributed by atoms with E-state index in [-0.39, 0.29) is 24.0 Å². The Hall–Kier alpha value is -2.83. The van der Waals surface area contributed by atoms with Crippen molar-refractivity contribution in [1.82, 2.24) is 9.78 Å². The van der Waals surface area contributed by atoms with Gasteiger partial charge in [0, 0.05) is 24.4 Å². The lowest BCUT2D eigenvalue weighted by Crippen LogP contribution is -2.26. The second-order valence-electron chi connectivity index (χ2n) is 5.16. The molecule has 1 aliphatic rings. The number of nitrogens with one attached hydrogen (secondary N) is 1. The van der Waals surface area contributed by atoms with E-state index < -0.39 is 0 Å². The molecule has 0 saturated carbocycles. The topological polar surface area (TPSA) is 82.5 Å². The Balaban J connectivity index is 1.76. The first-order valence-electron chi connectivity index (χ1n) is 7.46. The van der Waals surface area contributed by atoms with Gasteiger partial charge in [0.2, 0.25) is 6.79 Å². The fourth-order valence-corrected chi connectivity index (χ4v) is 2.21. The van der Waals surface area contributed by atoms with Gasteiger partial charge in [-0.15, -0.1) is 0 Å². The zero-order valence-corrected chi connectivity index (χ0v) is 12.7. The first-order chi connectivity index (χ1) is 11.2. The minimum atomic E-state index is -0.380. The number of hydrogen-bond acceptors (Lipinski definition) is 5. The number of fused-ring (bicyclic) bond motifs is 1. The number of amides is 1. The third kappa shape index (κ3) is 3.33. The molecule has 0 aliphatic carbocycles. The summed E-state index contributed by atoms with van der Waals surface area (Å²) in [5.74, 6) is 0.854. The summed E-state index contributed by atoms with van der Waals surface area (Å²) in [6.07, 6.45) is 1.78. The number of nitrogens with zero attached hydrogens (tertiary/aromatic N) is 2. The monoisotopic (exact) mass is 315 g/mol. The number of ether oxygens (including phenoxy) is 2. The Labute approximate surface area is 132 Å². The largest absolute Gasteiger partial charge is 0.454 e. The SMILES string of the molecule is CCCCn1nc(C(=O)Nc2ccc3c(c2)OCO3)ccc1=O. The number of aryl methyl sites for hydroxylation is 1. The van der Waals surface area contributed by atoms with E-state index in [9.17, 15) is 9.59 Å². The number of rotatable bonds is 5. The number of carbonyl (C=O) groups excluding carboxylic acids is 1. The van der Waals surface area contributed by atoms with Crippen LogP contribution in [0.25, 0.3) is 0 Å². The van der Waals surface area contributed by atoms with Gasteiger partial charge in [0.15, 0.2) is 11.5 Å². The zero-order chi connectivity index (χ0) is 16.2. The van der Waals surface area contributed by atoms with Crippen molar-refractivity contribution < 1.29 is 14.3 Å². The molecule has 3 rings (SSSR count). The van der Waals surface area contributed by atoms with Crippen LogP contribution in [0.2, 0.25) is 0 Å². The smallest absolute Gasteiger partial charge is 0.276 e. The predicted octanol–water partition coefficient (Wildman–Crippen LogP) is 2.02. The molecule has 1 N–H and O–H groups in total. The van der Waals surface area contributed by atoms with Crippen LogP contribution in [0.4, 0.5) is 5.69 Å². The number of benzene rings is 1. The molecule has 2 aromatic rings. The van der Waals surface area contributed by atoms with Crippen LogP contribution >= 0.6 is 0 Å². The molecule has 23 heavy (non-hydrogen) atoms. The van der Waals surface area contributed by atoms with Gasteiger partial charge in [0.1, 0.15) is 5.69 Å². The van der Waals surface area contributed by atoms with Gasteiger partial charge in [-0.3, -0.25) is 9.59 Å². The van der Waals surface area contributed by atoms with E-state index >= 15 is 0 Å². The number of hydrogen-bond donors (Lipinski definition) is 1. The fourth-order valence-electron chi connectivity index (χ4n) is 2.21. The average molecular weight is 315 g/mol. The molecular formula is C16H17N3O4. The summed E-state index contributed by atoms with van der Waals surface area (Å²) in [7, 11) is 0.